The fraction of sp³-hybridized carbons (Fsp3) is 0.273. The minimum absolute atomic E-state index is 0.121. The van der Waals surface area contributed by atoms with Crippen molar-refractivity contribution in [3.63, 3.8) is 0 Å². The number of amides is 1. The number of carbonyl (C=O) groups excluding carboxylic acids is 1. The lowest BCUT2D eigenvalue weighted by molar-refractivity contribution is 0.0248. The van der Waals surface area contributed by atoms with E-state index in [0.29, 0.717) is 28.9 Å². The van der Waals surface area contributed by atoms with E-state index >= 15 is 0 Å². The number of carboxylic acid groups (broad SMARTS) is 1. The first-order valence-corrected chi connectivity index (χ1v) is 5.78. The van der Waals surface area contributed by atoms with Crippen LogP contribution in [0.4, 0.5) is 4.79 Å². The lowest BCUT2D eigenvalue weighted by atomic mass is 10.2. The second-order valence-corrected chi connectivity index (χ2v) is 4.59. The summed E-state index contributed by atoms with van der Waals surface area (Å²) in [5.41, 5.74) is 0.560. The molecule has 0 aromatic heterocycles. The lowest BCUT2D eigenvalue weighted by Crippen LogP contribution is -2.55. The second-order valence-electron chi connectivity index (χ2n) is 3.74. The molecule has 5 nitrogen and oxygen atoms in total. The molecule has 1 aliphatic heterocycles. The molecule has 0 bridgehead atoms. The van der Waals surface area contributed by atoms with Crippen LogP contribution >= 0.6 is 15.9 Å². The normalized spacial score (nSPS) is 15.2. The molecule has 0 saturated carbocycles. The molecular formula is C11H10BrNO4. The topological polar surface area (TPSA) is 66.8 Å². The average molecular weight is 300 g/mol. The summed E-state index contributed by atoms with van der Waals surface area (Å²) in [6, 6.07) is 5.01. The molecule has 0 spiro atoms. The van der Waals surface area contributed by atoms with Crippen LogP contribution in [0.2, 0.25) is 0 Å². The van der Waals surface area contributed by atoms with Crippen molar-refractivity contribution in [3.05, 3.63) is 28.2 Å². The van der Waals surface area contributed by atoms with Crippen molar-refractivity contribution >= 4 is 28.3 Å². The van der Waals surface area contributed by atoms with Crippen molar-refractivity contribution in [2.45, 2.75) is 6.10 Å². The van der Waals surface area contributed by atoms with Crippen molar-refractivity contribution < 1.29 is 19.4 Å². The van der Waals surface area contributed by atoms with Gasteiger partial charge in [0.25, 0.3) is 0 Å². The van der Waals surface area contributed by atoms with Gasteiger partial charge in [-0.15, -0.1) is 0 Å². The average Bonchev–Trinajstić information content (AvgIpc) is 2.23. The number of hydrogen-bond acceptors (Lipinski definition) is 3. The Labute approximate surface area is 106 Å². The summed E-state index contributed by atoms with van der Waals surface area (Å²) in [6.07, 6.45) is -0.297. The molecule has 1 aromatic rings. The minimum Gasteiger partial charge on any atom is -0.486 e. The van der Waals surface area contributed by atoms with Gasteiger partial charge in [0.05, 0.1) is 17.6 Å². The number of halogens is 1. The van der Waals surface area contributed by atoms with E-state index in [1.165, 1.54) is 4.90 Å². The maximum Gasteiger partial charge on any atom is 0.407 e. The summed E-state index contributed by atoms with van der Waals surface area (Å²) in [6.45, 7) is 0.744. The first kappa shape index (κ1) is 11.9. The van der Waals surface area contributed by atoms with E-state index < -0.39 is 6.09 Å². The second kappa shape index (κ2) is 4.75. The number of ether oxygens (including phenoxy) is 1. The lowest BCUT2D eigenvalue weighted by Gasteiger charge is -2.36. The van der Waals surface area contributed by atoms with Crippen LogP contribution in [0.25, 0.3) is 0 Å². The van der Waals surface area contributed by atoms with E-state index in [9.17, 15) is 9.59 Å². The molecule has 0 atom stereocenters. The Bertz CT molecular complexity index is 457. The highest BCUT2D eigenvalue weighted by Gasteiger charge is 2.32. The summed E-state index contributed by atoms with van der Waals surface area (Å²) in [5, 5.41) is 8.66. The number of benzene rings is 1. The van der Waals surface area contributed by atoms with Crippen LogP contribution in [-0.2, 0) is 0 Å². The zero-order valence-electron chi connectivity index (χ0n) is 8.80. The van der Waals surface area contributed by atoms with E-state index in [0.717, 1.165) is 6.29 Å². The third-order valence-electron chi connectivity index (χ3n) is 2.50. The van der Waals surface area contributed by atoms with Crippen LogP contribution in [0.15, 0.2) is 22.7 Å². The Balaban J connectivity index is 1.96. The van der Waals surface area contributed by atoms with E-state index in [1.54, 1.807) is 18.2 Å². The number of likely N-dealkylation sites (tertiary alicyclic amines) is 1. The van der Waals surface area contributed by atoms with E-state index in [-0.39, 0.29) is 6.10 Å². The van der Waals surface area contributed by atoms with Gasteiger partial charge in [0.15, 0.2) is 0 Å². The van der Waals surface area contributed by atoms with E-state index in [1.807, 2.05) is 0 Å². The number of nitrogens with zero attached hydrogens (tertiary/aromatic N) is 1. The molecule has 90 valence electrons. The Kier molecular flexibility index (Phi) is 3.33. The molecule has 1 fully saturated rings. The molecule has 1 aromatic carbocycles. The van der Waals surface area contributed by atoms with Crippen molar-refractivity contribution in [1.82, 2.24) is 4.90 Å². The zero-order valence-corrected chi connectivity index (χ0v) is 10.4. The first-order valence-electron chi connectivity index (χ1n) is 4.99. The number of hydrogen-bond donors (Lipinski definition) is 1. The summed E-state index contributed by atoms with van der Waals surface area (Å²) < 4.78 is 6.28. The van der Waals surface area contributed by atoms with Crippen LogP contribution in [0.1, 0.15) is 10.4 Å². The quantitative estimate of drug-likeness (QED) is 0.867. The molecule has 1 heterocycles. The third-order valence-corrected chi connectivity index (χ3v) is 3.12. The molecule has 6 heteroatoms. The highest BCUT2D eigenvalue weighted by Crippen LogP contribution is 2.28. The van der Waals surface area contributed by atoms with Gasteiger partial charge in [-0.2, -0.15) is 0 Å². The summed E-state index contributed by atoms with van der Waals surface area (Å²) in [4.78, 5) is 22.4. The van der Waals surface area contributed by atoms with Gasteiger partial charge in [-0.05, 0) is 34.1 Å². The highest BCUT2D eigenvalue weighted by molar-refractivity contribution is 9.10. The zero-order chi connectivity index (χ0) is 12.4. The predicted molar refractivity (Wildman–Crippen MR) is 63.5 cm³/mol. The molecule has 1 saturated heterocycles. The molecule has 1 aliphatic rings. The van der Waals surface area contributed by atoms with E-state index in [4.69, 9.17) is 9.84 Å². The Morgan fingerprint density at radius 3 is 2.76 bits per heavy atom. The standard InChI is InChI=1S/C11H10BrNO4/c12-9-3-7(6-14)1-2-10(9)17-8-4-13(5-8)11(15)16/h1-3,6,8H,4-5H2,(H,15,16). The van der Waals surface area contributed by atoms with Gasteiger partial charge in [-0.25, -0.2) is 4.79 Å². The smallest absolute Gasteiger partial charge is 0.407 e. The molecule has 0 aliphatic carbocycles. The molecule has 2 rings (SSSR count). The van der Waals surface area contributed by atoms with Gasteiger partial charge in [0, 0.05) is 5.56 Å². The van der Waals surface area contributed by atoms with Crippen LogP contribution < -0.4 is 4.74 Å². The maximum absolute atomic E-state index is 10.6. The maximum atomic E-state index is 10.6. The van der Waals surface area contributed by atoms with Crippen molar-refractivity contribution in [1.29, 1.82) is 0 Å². The van der Waals surface area contributed by atoms with Crippen LogP contribution in [0.3, 0.4) is 0 Å². The fourth-order valence-electron chi connectivity index (χ4n) is 1.53. The van der Waals surface area contributed by atoms with Gasteiger partial charge in [-0.1, -0.05) is 0 Å². The summed E-state index contributed by atoms with van der Waals surface area (Å²) in [5.74, 6) is 0.616. The fourth-order valence-corrected chi connectivity index (χ4v) is 2.02. The number of aldehydes is 1. The van der Waals surface area contributed by atoms with Crippen molar-refractivity contribution in [3.8, 4) is 5.75 Å². The molecule has 17 heavy (non-hydrogen) atoms. The molecule has 1 N–H and O–H groups in total. The van der Waals surface area contributed by atoms with Gasteiger partial charge in [0.1, 0.15) is 18.1 Å². The Morgan fingerprint density at radius 2 is 2.24 bits per heavy atom. The third kappa shape index (κ3) is 2.58. The molecule has 0 radical (unpaired) electrons. The predicted octanol–water partition coefficient (Wildman–Crippen LogP) is 2.00. The van der Waals surface area contributed by atoms with Crippen LogP contribution in [-0.4, -0.2) is 41.6 Å². The molecule has 0 unspecified atom stereocenters. The van der Waals surface area contributed by atoms with Crippen molar-refractivity contribution in [2.75, 3.05) is 13.1 Å². The Hall–Kier alpha value is -1.56. The van der Waals surface area contributed by atoms with E-state index in [2.05, 4.69) is 15.9 Å². The Morgan fingerprint density at radius 1 is 1.53 bits per heavy atom. The molecular weight excluding hydrogens is 290 g/mol. The first-order chi connectivity index (χ1) is 8.10. The van der Waals surface area contributed by atoms with Gasteiger partial charge in [0.2, 0.25) is 0 Å². The number of rotatable bonds is 3. The monoisotopic (exact) mass is 299 g/mol. The van der Waals surface area contributed by atoms with Crippen molar-refractivity contribution in [2.24, 2.45) is 0 Å². The van der Waals surface area contributed by atoms with Crippen LogP contribution in [0.5, 0.6) is 5.75 Å². The summed E-state index contributed by atoms with van der Waals surface area (Å²) >= 11 is 3.30. The van der Waals surface area contributed by atoms with Crippen LogP contribution in [0, 0.1) is 0 Å². The SMILES string of the molecule is O=Cc1ccc(OC2CN(C(=O)O)C2)c(Br)c1. The number of carbonyl (C=O) groups is 2. The molecule has 1 amide bonds. The minimum atomic E-state index is -0.930. The summed E-state index contributed by atoms with van der Waals surface area (Å²) in [7, 11) is 0. The van der Waals surface area contributed by atoms with Gasteiger partial charge < -0.3 is 14.7 Å². The van der Waals surface area contributed by atoms with Gasteiger partial charge >= 0.3 is 6.09 Å². The highest BCUT2D eigenvalue weighted by atomic mass is 79.9. The largest absolute Gasteiger partial charge is 0.486 e. The van der Waals surface area contributed by atoms with Gasteiger partial charge in [-0.3, -0.25) is 4.79 Å².